The Morgan fingerprint density at radius 1 is 1.42 bits per heavy atom. The molecule has 0 amide bonds. The third kappa shape index (κ3) is 1.96. The van der Waals surface area contributed by atoms with Crippen LogP contribution in [-0.4, -0.2) is 0 Å². The first-order chi connectivity index (χ1) is 5.88. The van der Waals surface area contributed by atoms with Gasteiger partial charge in [-0.1, -0.05) is 35.4 Å². The summed E-state index contributed by atoms with van der Waals surface area (Å²) < 4.78 is 0. The van der Waals surface area contributed by atoms with Gasteiger partial charge in [-0.2, -0.15) is 0 Å². The Hall–Kier alpha value is -1.55. The SMILES string of the molecule is [N-]=[N+]=NC(NN)c1ccccc1. The molecule has 12 heavy (non-hydrogen) atoms. The van der Waals surface area contributed by atoms with Crippen LogP contribution in [0.1, 0.15) is 11.7 Å². The number of nitrogens with zero attached hydrogens (tertiary/aromatic N) is 3. The minimum absolute atomic E-state index is 0.490. The molecule has 5 heteroatoms. The van der Waals surface area contributed by atoms with Crippen molar-refractivity contribution in [3.05, 3.63) is 46.3 Å². The van der Waals surface area contributed by atoms with Gasteiger partial charge in [-0.05, 0) is 11.1 Å². The van der Waals surface area contributed by atoms with Gasteiger partial charge in [-0.3, -0.25) is 5.84 Å². The fourth-order valence-corrected chi connectivity index (χ4v) is 0.883. The van der Waals surface area contributed by atoms with Crippen LogP contribution in [0.25, 0.3) is 10.4 Å². The van der Waals surface area contributed by atoms with E-state index in [-0.39, 0.29) is 0 Å². The van der Waals surface area contributed by atoms with E-state index in [4.69, 9.17) is 11.4 Å². The molecule has 1 rings (SSSR count). The summed E-state index contributed by atoms with van der Waals surface area (Å²) in [5, 5.41) is 3.46. The Bertz CT molecular complexity index is 277. The Kier molecular flexibility index (Phi) is 3.10. The molecule has 62 valence electrons. The molecule has 1 unspecified atom stereocenters. The van der Waals surface area contributed by atoms with Gasteiger partial charge in [-0.25, -0.2) is 5.43 Å². The van der Waals surface area contributed by atoms with Crippen LogP contribution in [0.2, 0.25) is 0 Å². The molecular weight excluding hydrogens is 154 g/mol. The first-order valence-corrected chi connectivity index (χ1v) is 3.43. The molecule has 1 aromatic carbocycles. The molecule has 3 N–H and O–H groups in total. The van der Waals surface area contributed by atoms with E-state index in [0.717, 1.165) is 5.56 Å². The summed E-state index contributed by atoms with van der Waals surface area (Å²) in [5.41, 5.74) is 11.4. The number of hydrazine groups is 1. The number of azide groups is 1. The molecule has 0 bridgehead atoms. The van der Waals surface area contributed by atoms with Gasteiger partial charge in [0.05, 0.1) is 0 Å². The largest absolute Gasteiger partial charge is 0.271 e. The van der Waals surface area contributed by atoms with Gasteiger partial charge in [0, 0.05) is 4.91 Å². The second-order valence-corrected chi connectivity index (χ2v) is 2.18. The average molecular weight is 163 g/mol. The number of nitrogens with one attached hydrogen (secondary N) is 1. The summed E-state index contributed by atoms with van der Waals surface area (Å²) in [6.45, 7) is 0. The predicted octanol–water partition coefficient (Wildman–Crippen LogP) is 1.46. The van der Waals surface area contributed by atoms with E-state index in [1.807, 2.05) is 30.3 Å². The van der Waals surface area contributed by atoms with Crippen molar-refractivity contribution < 1.29 is 0 Å². The zero-order chi connectivity index (χ0) is 8.81. The number of hydrogen-bond acceptors (Lipinski definition) is 3. The van der Waals surface area contributed by atoms with Crippen molar-refractivity contribution in [1.82, 2.24) is 5.43 Å². The van der Waals surface area contributed by atoms with E-state index in [2.05, 4.69) is 15.5 Å². The smallest absolute Gasteiger partial charge is 0.125 e. The standard InChI is InChI=1S/C7H9N5/c8-10-7(11-12-9)6-4-2-1-3-5-6/h1-5,7,10H,8H2. The van der Waals surface area contributed by atoms with Crippen molar-refractivity contribution in [1.29, 1.82) is 0 Å². The van der Waals surface area contributed by atoms with Gasteiger partial charge in [0.2, 0.25) is 0 Å². The van der Waals surface area contributed by atoms with Crippen LogP contribution in [0.5, 0.6) is 0 Å². The van der Waals surface area contributed by atoms with Crippen LogP contribution in [0, 0.1) is 0 Å². The fourth-order valence-electron chi connectivity index (χ4n) is 0.883. The lowest BCUT2D eigenvalue weighted by Gasteiger charge is -2.08. The molecule has 0 radical (unpaired) electrons. The lowest BCUT2D eigenvalue weighted by Crippen LogP contribution is -2.26. The fraction of sp³-hybridized carbons (Fsp3) is 0.143. The number of benzene rings is 1. The Balaban J connectivity index is 2.87. The van der Waals surface area contributed by atoms with Crippen molar-refractivity contribution >= 4 is 0 Å². The van der Waals surface area contributed by atoms with E-state index >= 15 is 0 Å². The van der Waals surface area contributed by atoms with Crippen molar-refractivity contribution in [3.63, 3.8) is 0 Å². The molecule has 0 aliphatic rings. The second-order valence-electron chi connectivity index (χ2n) is 2.18. The van der Waals surface area contributed by atoms with Crippen LogP contribution >= 0.6 is 0 Å². The highest BCUT2D eigenvalue weighted by atomic mass is 15.3. The number of hydrogen-bond donors (Lipinski definition) is 2. The van der Waals surface area contributed by atoms with E-state index in [9.17, 15) is 0 Å². The maximum atomic E-state index is 8.19. The van der Waals surface area contributed by atoms with Gasteiger partial charge < -0.3 is 0 Å². The number of rotatable bonds is 3. The Morgan fingerprint density at radius 2 is 2.08 bits per heavy atom. The average Bonchev–Trinajstić information content (AvgIpc) is 2.15. The summed E-state index contributed by atoms with van der Waals surface area (Å²) in [6.07, 6.45) is -0.490. The molecule has 1 atom stereocenters. The van der Waals surface area contributed by atoms with Crippen molar-refractivity contribution in [2.75, 3.05) is 0 Å². The molecule has 0 saturated carbocycles. The van der Waals surface area contributed by atoms with Gasteiger partial charge in [0.15, 0.2) is 0 Å². The van der Waals surface area contributed by atoms with Crippen LogP contribution < -0.4 is 11.3 Å². The quantitative estimate of drug-likeness (QED) is 0.232. The molecular formula is C7H9N5. The van der Waals surface area contributed by atoms with E-state index in [1.165, 1.54) is 0 Å². The summed E-state index contributed by atoms with van der Waals surface area (Å²) in [4.78, 5) is 2.67. The van der Waals surface area contributed by atoms with Gasteiger partial charge in [0.1, 0.15) is 6.17 Å². The molecule has 0 spiro atoms. The zero-order valence-electron chi connectivity index (χ0n) is 6.38. The lowest BCUT2D eigenvalue weighted by atomic mass is 10.2. The molecule has 0 saturated heterocycles. The molecule has 0 aliphatic heterocycles. The Labute approximate surface area is 69.8 Å². The van der Waals surface area contributed by atoms with Crippen LogP contribution in [-0.2, 0) is 0 Å². The van der Waals surface area contributed by atoms with Crippen LogP contribution in [0.3, 0.4) is 0 Å². The maximum Gasteiger partial charge on any atom is 0.125 e. The predicted molar refractivity (Wildman–Crippen MR) is 45.7 cm³/mol. The van der Waals surface area contributed by atoms with Crippen LogP contribution in [0.15, 0.2) is 35.4 Å². The molecule has 0 heterocycles. The van der Waals surface area contributed by atoms with Crippen LogP contribution in [0.4, 0.5) is 0 Å². The minimum atomic E-state index is -0.490. The van der Waals surface area contributed by atoms with Gasteiger partial charge in [-0.15, -0.1) is 0 Å². The molecule has 5 nitrogen and oxygen atoms in total. The van der Waals surface area contributed by atoms with Gasteiger partial charge >= 0.3 is 0 Å². The summed E-state index contributed by atoms with van der Waals surface area (Å²) in [6, 6.07) is 9.25. The highest BCUT2D eigenvalue weighted by Gasteiger charge is 2.03. The van der Waals surface area contributed by atoms with Crippen molar-refractivity contribution in [2.45, 2.75) is 6.17 Å². The normalized spacial score (nSPS) is 11.8. The van der Waals surface area contributed by atoms with Gasteiger partial charge in [0.25, 0.3) is 0 Å². The third-order valence-corrected chi connectivity index (χ3v) is 1.44. The highest BCUT2D eigenvalue weighted by molar-refractivity contribution is 5.18. The topological polar surface area (TPSA) is 86.8 Å². The molecule has 0 aromatic heterocycles. The zero-order valence-corrected chi connectivity index (χ0v) is 6.38. The first-order valence-electron chi connectivity index (χ1n) is 3.43. The summed E-state index contributed by atoms with van der Waals surface area (Å²) >= 11 is 0. The highest BCUT2D eigenvalue weighted by Crippen LogP contribution is 2.11. The summed E-state index contributed by atoms with van der Waals surface area (Å²) in [7, 11) is 0. The first kappa shape index (κ1) is 8.55. The lowest BCUT2D eigenvalue weighted by molar-refractivity contribution is 0.574. The molecule has 1 aromatic rings. The second kappa shape index (κ2) is 4.35. The molecule has 0 fully saturated rings. The number of nitrogens with two attached hydrogens (primary N) is 1. The van der Waals surface area contributed by atoms with E-state index in [0.29, 0.717) is 0 Å². The summed E-state index contributed by atoms with van der Waals surface area (Å²) in [5.74, 6) is 5.18. The minimum Gasteiger partial charge on any atom is -0.271 e. The molecule has 0 aliphatic carbocycles. The maximum absolute atomic E-state index is 8.19. The van der Waals surface area contributed by atoms with Crippen molar-refractivity contribution in [2.24, 2.45) is 11.0 Å². The van der Waals surface area contributed by atoms with E-state index in [1.54, 1.807) is 0 Å². The van der Waals surface area contributed by atoms with E-state index < -0.39 is 6.17 Å². The van der Waals surface area contributed by atoms with Crippen molar-refractivity contribution in [3.8, 4) is 0 Å². The third-order valence-electron chi connectivity index (χ3n) is 1.44. The monoisotopic (exact) mass is 163 g/mol. The Morgan fingerprint density at radius 3 is 2.58 bits per heavy atom.